The number of rotatable bonds is 6. The molecule has 2 N–H and O–H groups in total. The van der Waals surface area contributed by atoms with Crippen molar-refractivity contribution >= 4 is 5.96 Å². The predicted octanol–water partition coefficient (Wildman–Crippen LogP) is 2.85. The molecule has 0 amide bonds. The van der Waals surface area contributed by atoms with E-state index in [1.165, 1.54) is 0 Å². The molecule has 0 atom stereocenters. The molecule has 2 rings (SSSR count). The zero-order valence-electron chi connectivity index (χ0n) is 14.4. The van der Waals surface area contributed by atoms with Gasteiger partial charge in [0.2, 0.25) is 0 Å². The molecule has 134 valence electrons. The molecule has 0 saturated heterocycles. The molecule has 7 heteroatoms. The molecule has 5 nitrogen and oxygen atoms in total. The van der Waals surface area contributed by atoms with Gasteiger partial charge in [-0.25, -0.2) is 8.78 Å². The number of hydrogen-bond acceptors (Lipinski definition) is 3. The molecule has 0 fully saturated rings. The number of benzene rings is 2. The van der Waals surface area contributed by atoms with Crippen LogP contribution in [0.4, 0.5) is 8.78 Å². The summed E-state index contributed by atoms with van der Waals surface area (Å²) >= 11 is 0. The lowest BCUT2D eigenvalue weighted by atomic mass is 10.2. The molecule has 0 aromatic heterocycles. The summed E-state index contributed by atoms with van der Waals surface area (Å²) in [6.45, 7) is 0.532. The average Bonchev–Trinajstić information content (AvgIpc) is 2.63. The third-order valence-corrected chi connectivity index (χ3v) is 3.61. The highest BCUT2D eigenvalue weighted by Gasteiger charge is 2.10. The number of halogens is 2. The van der Waals surface area contributed by atoms with Gasteiger partial charge in [0.05, 0.1) is 14.2 Å². The van der Waals surface area contributed by atoms with Crippen LogP contribution in [0.25, 0.3) is 0 Å². The maximum Gasteiger partial charge on any atom is 0.191 e. The third kappa shape index (κ3) is 4.82. The number of nitrogens with one attached hydrogen (secondary N) is 2. The fourth-order valence-electron chi connectivity index (χ4n) is 2.35. The zero-order valence-corrected chi connectivity index (χ0v) is 14.4. The van der Waals surface area contributed by atoms with Gasteiger partial charge in [-0.05, 0) is 24.3 Å². The Kier molecular flexibility index (Phi) is 6.56. The highest BCUT2D eigenvalue weighted by Crippen LogP contribution is 2.30. The van der Waals surface area contributed by atoms with Gasteiger partial charge < -0.3 is 20.1 Å². The molecule has 2 aromatic carbocycles. The van der Waals surface area contributed by atoms with Crippen molar-refractivity contribution in [1.82, 2.24) is 10.6 Å². The Hall–Kier alpha value is -2.83. The molecule has 0 saturated carbocycles. The minimum absolute atomic E-state index is 0.110. The van der Waals surface area contributed by atoms with Gasteiger partial charge in [0.1, 0.15) is 11.6 Å². The number of aliphatic imine (C=N–C) groups is 1. The second kappa shape index (κ2) is 8.86. The summed E-state index contributed by atoms with van der Waals surface area (Å²) in [6, 6.07) is 8.90. The molecule has 0 spiro atoms. The van der Waals surface area contributed by atoms with E-state index in [-0.39, 0.29) is 12.1 Å². The van der Waals surface area contributed by atoms with E-state index < -0.39 is 11.6 Å². The van der Waals surface area contributed by atoms with Crippen molar-refractivity contribution in [2.75, 3.05) is 21.3 Å². The van der Waals surface area contributed by atoms with Crippen molar-refractivity contribution in [1.29, 1.82) is 0 Å². The number of nitrogens with zero attached hydrogens (tertiary/aromatic N) is 1. The SMILES string of the molecule is CN=C(NCc1cc(F)ccc1F)NCc1cccc(OC)c1OC. The van der Waals surface area contributed by atoms with Crippen LogP contribution in [-0.2, 0) is 13.1 Å². The Bertz CT molecular complexity index is 751. The maximum absolute atomic E-state index is 13.7. The zero-order chi connectivity index (χ0) is 18.2. The largest absolute Gasteiger partial charge is 0.493 e. The topological polar surface area (TPSA) is 54.9 Å². The molecule has 0 aliphatic carbocycles. The van der Waals surface area contributed by atoms with Gasteiger partial charge in [-0.1, -0.05) is 12.1 Å². The van der Waals surface area contributed by atoms with Crippen molar-refractivity contribution < 1.29 is 18.3 Å². The lowest BCUT2D eigenvalue weighted by molar-refractivity contribution is 0.351. The summed E-state index contributed by atoms with van der Waals surface area (Å²) in [7, 11) is 4.74. The smallest absolute Gasteiger partial charge is 0.191 e. The van der Waals surface area contributed by atoms with Gasteiger partial charge in [0.25, 0.3) is 0 Å². The van der Waals surface area contributed by atoms with Crippen molar-refractivity contribution in [3.8, 4) is 11.5 Å². The van der Waals surface area contributed by atoms with E-state index in [4.69, 9.17) is 9.47 Å². The third-order valence-electron chi connectivity index (χ3n) is 3.61. The van der Waals surface area contributed by atoms with E-state index in [9.17, 15) is 8.78 Å². The van der Waals surface area contributed by atoms with Crippen LogP contribution in [0.2, 0.25) is 0 Å². The standard InChI is InChI=1S/C18H21F2N3O2/c1-21-18(23-11-13-9-14(19)7-8-15(13)20)22-10-12-5-4-6-16(24-2)17(12)25-3/h4-9H,10-11H2,1-3H3,(H2,21,22,23). The lowest BCUT2D eigenvalue weighted by Crippen LogP contribution is -2.36. The van der Waals surface area contributed by atoms with Crippen molar-refractivity contribution in [3.05, 3.63) is 59.2 Å². The maximum atomic E-state index is 13.7. The Morgan fingerprint density at radius 2 is 1.72 bits per heavy atom. The molecule has 0 unspecified atom stereocenters. The molecule has 2 aromatic rings. The van der Waals surface area contributed by atoms with Crippen LogP contribution in [0.15, 0.2) is 41.4 Å². The first-order valence-electron chi connectivity index (χ1n) is 7.67. The molecule has 0 aliphatic rings. The predicted molar refractivity (Wildman–Crippen MR) is 92.9 cm³/mol. The van der Waals surface area contributed by atoms with Gasteiger partial charge in [-0.2, -0.15) is 0 Å². The second-order valence-corrected chi connectivity index (χ2v) is 5.17. The Balaban J connectivity index is 2.00. The van der Waals surface area contributed by atoms with Crippen LogP contribution in [-0.4, -0.2) is 27.2 Å². The van der Waals surface area contributed by atoms with Crippen LogP contribution in [0.5, 0.6) is 11.5 Å². The molecule has 25 heavy (non-hydrogen) atoms. The monoisotopic (exact) mass is 349 g/mol. The molecule has 0 radical (unpaired) electrons. The van der Waals surface area contributed by atoms with Gasteiger partial charge in [-0.3, -0.25) is 4.99 Å². The summed E-state index contributed by atoms with van der Waals surface area (Å²) in [4.78, 5) is 4.07. The van der Waals surface area contributed by atoms with Crippen LogP contribution in [0.1, 0.15) is 11.1 Å². The fraction of sp³-hybridized carbons (Fsp3) is 0.278. The molecular formula is C18H21F2N3O2. The number of para-hydroxylation sites is 1. The molecular weight excluding hydrogens is 328 g/mol. The summed E-state index contributed by atoms with van der Waals surface area (Å²) in [5, 5.41) is 6.05. The summed E-state index contributed by atoms with van der Waals surface area (Å²) in [6.07, 6.45) is 0. The average molecular weight is 349 g/mol. The highest BCUT2D eigenvalue weighted by molar-refractivity contribution is 5.79. The fourth-order valence-corrected chi connectivity index (χ4v) is 2.35. The van der Waals surface area contributed by atoms with Crippen molar-refractivity contribution in [2.24, 2.45) is 4.99 Å². The van der Waals surface area contributed by atoms with Gasteiger partial charge in [0.15, 0.2) is 17.5 Å². The van der Waals surface area contributed by atoms with E-state index in [1.807, 2.05) is 18.2 Å². The molecule has 0 heterocycles. The van der Waals surface area contributed by atoms with E-state index in [0.717, 1.165) is 23.8 Å². The van der Waals surface area contributed by atoms with Crippen LogP contribution < -0.4 is 20.1 Å². The van der Waals surface area contributed by atoms with Crippen LogP contribution in [0.3, 0.4) is 0 Å². The highest BCUT2D eigenvalue weighted by atomic mass is 19.1. The van der Waals surface area contributed by atoms with E-state index in [0.29, 0.717) is 24.0 Å². The summed E-state index contributed by atoms with van der Waals surface area (Å²) < 4.78 is 37.5. The van der Waals surface area contributed by atoms with Crippen molar-refractivity contribution in [3.63, 3.8) is 0 Å². The van der Waals surface area contributed by atoms with Gasteiger partial charge in [0, 0.05) is 31.3 Å². The van der Waals surface area contributed by atoms with E-state index >= 15 is 0 Å². The van der Waals surface area contributed by atoms with Crippen molar-refractivity contribution in [2.45, 2.75) is 13.1 Å². The summed E-state index contributed by atoms with van der Waals surface area (Å²) in [5.74, 6) is 0.755. The Morgan fingerprint density at radius 3 is 2.36 bits per heavy atom. The Labute approximate surface area is 145 Å². The molecule has 0 aliphatic heterocycles. The first kappa shape index (κ1) is 18.5. The van der Waals surface area contributed by atoms with Gasteiger partial charge in [-0.15, -0.1) is 0 Å². The lowest BCUT2D eigenvalue weighted by Gasteiger charge is -2.15. The van der Waals surface area contributed by atoms with Crippen LogP contribution in [0, 0.1) is 11.6 Å². The quantitative estimate of drug-likeness (QED) is 0.622. The van der Waals surface area contributed by atoms with Crippen LogP contribution >= 0.6 is 0 Å². The number of guanidine groups is 1. The molecule has 0 bridgehead atoms. The second-order valence-electron chi connectivity index (χ2n) is 5.17. The number of methoxy groups -OCH3 is 2. The number of hydrogen-bond donors (Lipinski definition) is 2. The van der Waals surface area contributed by atoms with Gasteiger partial charge >= 0.3 is 0 Å². The first-order chi connectivity index (χ1) is 12.1. The normalized spacial score (nSPS) is 11.2. The first-order valence-corrected chi connectivity index (χ1v) is 7.67. The number of ether oxygens (including phenoxy) is 2. The van der Waals surface area contributed by atoms with E-state index in [1.54, 1.807) is 21.3 Å². The minimum atomic E-state index is -0.484. The Morgan fingerprint density at radius 1 is 1.00 bits per heavy atom. The summed E-state index contributed by atoms with van der Waals surface area (Å²) in [5.41, 5.74) is 1.10. The minimum Gasteiger partial charge on any atom is -0.493 e. The van der Waals surface area contributed by atoms with E-state index in [2.05, 4.69) is 15.6 Å².